The van der Waals surface area contributed by atoms with Crippen LogP contribution >= 0.6 is 47.8 Å². The van der Waals surface area contributed by atoms with Gasteiger partial charge in [-0.05, 0) is 20.9 Å². The lowest BCUT2D eigenvalue weighted by molar-refractivity contribution is -0.112. The monoisotopic (exact) mass is 304 g/mol. The fourth-order valence-electron chi connectivity index (χ4n) is 0.125. The molecule has 0 atom stereocenters. The van der Waals surface area contributed by atoms with Crippen LogP contribution in [0.1, 0.15) is 0 Å². The van der Waals surface area contributed by atoms with E-state index in [2.05, 4.69) is 47.8 Å². The summed E-state index contributed by atoms with van der Waals surface area (Å²) in [5, 5.41) is 0.357. The first-order chi connectivity index (χ1) is 3.72. The first kappa shape index (κ1) is 8.85. The molecule has 0 aliphatic carbocycles. The highest BCUT2D eigenvalue weighted by atomic mass is 79.9. The van der Waals surface area contributed by atoms with E-state index in [-0.39, 0.29) is 5.78 Å². The molecular weight excluding hydrogens is 304 g/mol. The third kappa shape index (κ3) is 2.99. The van der Waals surface area contributed by atoms with Gasteiger partial charge < -0.3 is 0 Å². The van der Waals surface area contributed by atoms with Crippen LogP contribution in [-0.2, 0) is 4.79 Å². The third-order valence-corrected chi connectivity index (χ3v) is 2.74. The van der Waals surface area contributed by atoms with Crippen molar-refractivity contribution >= 4 is 53.6 Å². The zero-order chi connectivity index (χ0) is 6.57. The van der Waals surface area contributed by atoms with E-state index in [1.54, 1.807) is 0 Å². The molecule has 0 aromatic carbocycles. The molecule has 0 aromatic heterocycles. The summed E-state index contributed by atoms with van der Waals surface area (Å²) in [6, 6.07) is 0. The van der Waals surface area contributed by atoms with Crippen LogP contribution in [0.4, 0.5) is 0 Å². The van der Waals surface area contributed by atoms with Crippen LogP contribution in [0.2, 0.25) is 0 Å². The SMILES string of the molecule is O=C(CBr)/C(Br)=C/Br. The molecule has 0 bridgehead atoms. The second-order valence-corrected chi connectivity index (χ2v) is 2.89. The highest BCUT2D eigenvalue weighted by Gasteiger charge is 2.00. The summed E-state index contributed by atoms with van der Waals surface area (Å²) >= 11 is 9.06. The molecule has 0 N–H and O–H groups in total. The van der Waals surface area contributed by atoms with Crippen LogP contribution in [-0.4, -0.2) is 11.1 Å². The molecule has 0 rings (SSSR count). The van der Waals surface area contributed by atoms with E-state index in [9.17, 15) is 4.79 Å². The van der Waals surface area contributed by atoms with E-state index >= 15 is 0 Å². The van der Waals surface area contributed by atoms with E-state index < -0.39 is 0 Å². The highest BCUT2D eigenvalue weighted by Crippen LogP contribution is 2.09. The van der Waals surface area contributed by atoms with Crippen molar-refractivity contribution in [3.05, 3.63) is 9.47 Å². The molecule has 1 nitrogen and oxygen atoms in total. The Morgan fingerprint density at radius 2 is 2.12 bits per heavy atom. The van der Waals surface area contributed by atoms with Gasteiger partial charge in [0.05, 0.1) is 9.81 Å². The van der Waals surface area contributed by atoms with Crippen molar-refractivity contribution in [3.8, 4) is 0 Å². The number of Topliss-reactive ketones (excluding diaryl/α,β-unsaturated/α-hetero) is 1. The van der Waals surface area contributed by atoms with E-state index in [0.29, 0.717) is 9.81 Å². The van der Waals surface area contributed by atoms with Crippen LogP contribution in [0, 0.1) is 0 Å². The lowest BCUT2D eigenvalue weighted by atomic mass is 10.5. The molecule has 0 aliphatic heterocycles. The molecule has 0 radical (unpaired) electrons. The summed E-state index contributed by atoms with van der Waals surface area (Å²) in [5.74, 6) is 0.0295. The van der Waals surface area contributed by atoms with E-state index in [1.807, 2.05) is 0 Å². The summed E-state index contributed by atoms with van der Waals surface area (Å²) in [6.07, 6.45) is 0. The Labute approximate surface area is 72.9 Å². The fraction of sp³-hybridized carbons (Fsp3) is 0.250. The molecule has 0 amide bonds. The topological polar surface area (TPSA) is 17.1 Å². The average molecular weight is 307 g/mol. The average Bonchev–Trinajstić information content (AvgIpc) is 1.84. The Hall–Kier alpha value is 0.850. The van der Waals surface area contributed by atoms with Crippen molar-refractivity contribution in [3.63, 3.8) is 0 Å². The van der Waals surface area contributed by atoms with Crippen molar-refractivity contribution < 1.29 is 4.79 Å². The smallest absolute Gasteiger partial charge is 0.180 e. The minimum Gasteiger partial charge on any atom is -0.293 e. The quantitative estimate of drug-likeness (QED) is 0.566. The van der Waals surface area contributed by atoms with Crippen molar-refractivity contribution in [1.82, 2.24) is 0 Å². The molecule has 0 heterocycles. The fourth-order valence-corrected chi connectivity index (χ4v) is 1.20. The van der Waals surface area contributed by atoms with Crippen molar-refractivity contribution in [2.24, 2.45) is 0 Å². The minimum atomic E-state index is 0.0295. The van der Waals surface area contributed by atoms with Crippen LogP contribution in [0.25, 0.3) is 0 Å². The molecule has 4 heteroatoms. The van der Waals surface area contributed by atoms with Gasteiger partial charge in [-0.25, -0.2) is 0 Å². The molecule has 0 saturated carbocycles. The number of alkyl halides is 1. The van der Waals surface area contributed by atoms with Crippen molar-refractivity contribution in [1.29, 1.82) is 0 Å². The molecule has 0 unspecified atom stereocenters. The number of carbonyl (C=O) groups is 1. The van der Waals surface area contributed by atoms with E-state index in [1.165, 1.54) is 4.99 Å². The van der Waals surface area contributed by atoms with E-state index in [4.69, 9.17) is 0 Å². The summed E-state index contributed by atoms with van der Waals surface area (Å²) in [7, 11) is 0. The predicted octanol–water partition coefficient (Wildman–Crippen LogP) is 2.58. The van der Waals surface area contributed by atoms with Gasteiger partial charge in [0.25, 0.3) is 0 Å². The van der Waals surface area contributed by atoms with Crippen molar-refractivity contribution in [2.75, 3.05) is 5.33 Å². The maximum Gasteiger partial charge on any atom is 0.180 e. The number of rotatable bonds is 2. The molecular formula is C4H3Br3O. The first-order valence-electron chi connectivity index (χ1n) is 1.77. The van der Waals surface area contributed by atoms with E-state index in [0.717, 1.165) is 0 Å². The molecule has 0 aromatic rings. The third-order valence-electron chi connectivity index (χ3n) is 0.484. The summed E-state index contributed by atoms with van der Waals surface area (Å²) in [6.45, 7) is 0. The van der Waals surface area contributed by atoms with Gasteiger partial charge >= 0.3 is 0 Å². The summed E-state index contributed by atoms with van der Waals surface area (Å²) in [4.78, 5) is 12.1. The number of halogens is 3. The van der Waals surface area contributed by atoms with Gasteiger partial charge in [-0.3, -0.25) is 4.79 Å². The van der Waals surface area contributed by atoms with Gasteiger partial charge in [-0.2, -0.15) is 0 Å². The predicted molar refractivity (Wildman–Crippen MR) is 44.7 cm³/mol. The highest BCUT2D eigenvalue weighted by molar-refractivity contribution is 9.14. The lowest BCUT2D eigenvalue weighted by Crippen LogP contribution is -1.95. The van der Waals surface area contributed by atoms with Crippen molar-refractivity contribution in [2.45, 2.75) is 0 Å². The second kappa shape index (κ2) is 4.70. The Balaban J connectivity index is 3.83. The number of hydrogen-bond donors (Lipinski definition) is 0. The van der Waals surface area contributed by atoms with Gasteiger partial charge in [0.15, 0.2) is 5.78 Å². The van der Waals surface area contributed by atoms with Gasteiger partial charge in [-0.1, -0.05) is 31.9 Å². The van der Waals surface area contributed by atoms with Crippen LogP contribution in [0.15, 0.2) is 9.47 Å². The van der Waals surface area contributed by atoms with Crippen LogP contribution in [0.5, 0.6) is 0 Å². The maximum atomic E-state index is 10.6. The number of carbonyl (C=O) groups excluding carboxylic acids is 1. The Kier molecular flexibility index (Phi) is 5.20. The van der Waals surface area contributed by atoms with Gasteiger partial charge in [0.2, 0.25) is 0 Å². The zero-order valence-corrected chi connectivity index (χ0v) is 8.58. The molecule has 0 saturated heterocycles. The Morgan fingerprint density at radius 1 is 1.62 bits per heavy atom. The summed E-state index contributed by atoms with van der Waals surface area (Å²) < 4.78 is 0.550. The largest absolute Gasteiger partial charge is 0.293 e. The minimum absolute atomic E-state index is 0.0295. The molecule has 0 spiro atoms. The van der Waals surface area contributed by atoms with Crippen LogP contribution < -0.4 is 0 Å². The normalized spacial score (nSPS) is 11.6. The molecule has 0 aliphatic rings. The summed E-state index contributed by atoms with van der Waals surface area (Å²) in [5.41, 5.74) is 0. The lowest BCUT2D eigenvalue weighted by Gasteiger charge is -1.86. The number of allylic oxidation sites excluding steroid dienone is 1. The second-order valence-electron chi connectivity index (χ2n) is 1.01. The molecule has 8 heavy (non-hydrogen) atoms. The standard InChI is InChI=1S/C4H3Br3O/c5-1-3(7)4(8)2-6/h1H,2H2/b3-1-. The van der Waals surface area contributed by atoms with Crippen LogP contribution in [0.3, 0.4) is 0 Å². The Morgan fingerprint density at radius 3 is 2.25 bits per heavy atom. The molecule has 46 valence electrons. The maximum absolute atomic E-state index is 10.6. The number of hydrogen-bond acceptors (Lipinski definition) is 1. The zero-order valence-electron chi connectivity index (χ0n) is 3.83. The molecule has 0 fully saturated rings. The van der Waals surface area contributed by atoms with Gasteiger partial charge in [-0.15, -0.1) is 0 Å². The Bertz CT molecular complexity index is 118. The van der Waals surface area contributed by atoms with Gasteiger partial charge in [0, 0.05) is 0 Å². The van der Waals surface area contributed by atoms with Gasteiger partial charge in [0.1, 0.15) is 0 Å². The number of ketones is 1. The first-order valence-corrected chi connectivity index (χ1v) is 4.60.